The molecule has 76 heavy (non-hydrogen) atoms. The van der Waals surface area contributed by atoms with Crippen LogP contribution in [0.3, 0.4) is 0 Å². The van der Waals surface area contributed by atoms with Crippen molar-refractivity contribution in [2.45, 2.75) is 235 Å². The van der Waals surface area contributed by atoms with Gasteiger partial charge in [0.1, 0.15) is 90.7 Å². The molecule has 432 valence electrons. The second kappa shape index (κ2) is 21.6. The first-order valence-electron chi connectivity index (χ1n) is 27.0. The van der Waals surface area contributed by atoms with E-state index in [-0.39, 0.29) is 35.6 Å². The van der Waals surface area contributed by atoms with Gasteiger partial charge in [0.2, 0.25) is 0 Å². The van der Waals surface area contributed by atoms with Crippen molar-refractivity contribution < 1.29 is 113 Å². The summed E-state index contributed by atoms with van der Waals surface area (Å²) >= 11 is 0. The molecule has 23 heteroatoms. The maximum absolute atomic E-state index is 14.3. The predicted octanol–water partition coefficient (Wildman–Crippen LogP) is -0.366. The average molecular weight is 1090 g/mol. The summed E-state index contributed by atoms with van der Waals surface area (Å²) in [5.74, 6) is -0.629. The monoisotopic (exact) mass is 1090 g/mol. The number of Topliss-reactive ketones (excluding diaryl/α,β-unsaturated/α-hetero) is 1. The number of hydrogen-bond acceptors (Lipinski definition) is 23. The SMILES string of the molecule is C=C(C)CCC[C@]1(C)OC(=O)[C@]23CC=C4[C@@H](CC[C@H]5C(C)(C)[C@@H](O[C@@H]6OC[C@@H](O)[C@H](O)[C@H]6O[C@@H]6O[C@H](C)[C@@H](O[C@@H]7O[C@H](CO)[C@@H](O)[C@H](O[C@@H]8O[C@H](CO)[C@@H](O)[C@H](OO)[C@H]8O)[C@H]7O)[C@H](O)[C@H]6O)CC[C@]45C)[C@]2(C)CC(=O)[C@@H]31. The van der Waals surface area contributed by atoms with E-state index in [0.29, 0.717) is 32.1 Å². The number of ketones is 1. The standard InChI is InChI=1S/C53H82O23/c1-22(2)10-9-15-52(8)43-26(56)18-51(7)25-11-12-30-49(4,5)31(14-16-50(30,6)24(25)13-17-53(43,51)48(65)75-52)71-47-42(32(58)27(57)21-67-47)74-44-36(62)35(61)39(23(3)68-44)72-45-37(63)40(33(59)28(19-54)69-45)73-46-38(64)41(76-66)34(60)29(20-55)70-46/h13,23,25,27-47,54-55,57-64,66H,1,9-12,14-21H2,2-8H3/t23-,25-,27-,28-,29-,30+,31+,32+,33-,34-,35-,36-,37-,38-,39-,40+,41+,42-,43-,44+,45+,46+,47+,50-,51+,52+,53-/m1/s1. The molecule has 0 aromatic rings. The van der Waals surface area contributed by atoms with Crippen molar-refractivity contribution in [1.82, 2.24) is 0 Å². The number of fused-ring (bicyclic) bond motifs is 4. The zero-order chi connectivity index (χ0) is 55.4. The first-order valence-corrected chi connectivity index (χ1v) is 27.0. The summed E-state index contributed by atoms with van der Waals surface area (Å²) in [6.45, 7) is 16.1. The van der Waals surface area contributed by atoms with E-state index in [1.807, 2.05) is 13.8 Å². The van der Waals surface area contributed by atoms with Gasteiger partial charge >= 0.3 is 5.97 Å². The Kier molecular flexibility index (Phi) is 16.6. The fraction of sp³-hybridized carbons (Fsp3) is 0.887. The van der Waals surface area contributed by atoms with E-state index in [1.54, 1.807) is 0 Å². The van der Waals surface area contributed by atoms with E-state index in [0.717, 1.165) is 31.3 Å². The number of cyclic esters (lactones) is 1. The molecular weight excluding hydrogens is 1000 g/mol. The van der Waals surface area contributed by atoms with Crippen molar-refractivity contribution in [3.63, 3.8) is 0 Å². The van der Waals surface area contributed by atoms with Gasteiger partial charge in [-0.2, -0.15) is 0 Å². The number of rotatable bonds is 15. The van der Waals surface area contributed by atoms with Crippen LogP contribution in [0, 0.1) is 39.4 Å². The summed E-state index contributed by atoms with van der Waals surface area (Å²) in [5.41, 5.74) is -0.970. The number of carbonyl (C=O) groups excluding carboxylic acids is 2. The highest BCUT2D eigenvalue weighted by Crippen LogP contribution is 2.75. The van der Waals surface area contributed by atoms with Crippen LogP contribution in [0.5, 0.6) is 0 Å². The zero-order valence-corrected chi connectivity index (χ0v) is 44.4. The Morgan fingerprint density at radius 2 is 1.33 bits per heavy atom. The third-order valence-corrected chi connectivity index (χ3v) is 19.7. The van der Waals surface area contributed by atoms with Gasteiger partial charge in [0, 0.05) is 6.42 Å². The van der Waals surface area contributed by atoms with Crippen LogP contribution in [-0.2, 0) is 57.1 Å². The van der Waals surface area contributed by atoms with E-state index in [9.17, 15) is 65.9 Å². The van der Waals surface area contributed by atoms with E-state index < -0.39 is 164 Å². The smallest absolute Gasteiger partial charge is 0.314 e. The number of hydrogen-bond donors (Lipinski definition) is 11. The van der Waals surface area contributed by atoms with Crippen molar-refractivity contribution in [2.24, 2.45) is 39.4 Å². The Morgan fingerprint density at radius 1 is 0.724 bits per heavy atom. The lowest BCUT2D eigenvalue weighted by atomic mass is 9.41. The predicted molar refractivity (Wildman–Crippen MR) is 257 cm³/mol. The minimum Gasteiger partial charge on any atom is -0.458 e. The lowest BCUT2D eigenvalue weighted by Crippen LogP contribution is -2.67. The van der Waals surface area contributed by atoms with Crippen molar-refractivity contribution in [3.05, 3.63) is 23.8 Å². The van der Waals surface area contributed by atoms with Crippen molar-refractivity contribution >= 4 is 11.8 Å². The third kappa shape index (κ3) is 9.39. The molecular formula is C53H82O23. The molecule has 9 rings (SSSR count). The number of carbonyl (C=O) groups is 2. The molecule has 4 aliphatic carbocycles. The van der Waals surface area contributed by atoms with E-state index in [1.165, 1.54) is 12.5 Å². The van der Waals surface area contributed by atoms with Crippen LogP contribution < -0.4 is 0 Å². The summed E-state index contributed by atoms with van der Waals surface area (Å²) in [6, 6.07) is 0. The molecule has 0 aromatic heterocycles. The van der Waals surface area contributed by atoms with Gasteiger partial charge in [-0.05, 0) is 100 Å². The second-order valence-electron chi connectivity index (χ2n) is 24.7. The van der Waals surface area contributed by atoms with Crippen LogP contribution >= 0.6 is 0 Å². The first kappa shape index (κ1) is 58.5. The minimum atomic E-state index is -1.97. The quantitative estimate of drug-likeness (QED) is 0.0328. The lowest BCUT2D eigenvalue weighted by Gasteiger charge is -2.63. The average Bonchev–Trinajstić information content (AvgIpc) is 4.01. The fourth-order valence-electron chi connectivity index (χ4n) is 15.7. The van der Waals surface area contributed by atoms with Gasteiger partial charge in [-0.1, -0.05) is 44.9 Å². The van der Waals surface area contributed by atoms with E-state index >= 15 is 0 Å². The van der Waals surface area contributed by atoms with Gasteiger partial charge in [-0.3, -0.25) is 14.8 Å². The molecule has 0 unspecified atom stereocenters. The highest BCUT2D eigenvalue weighted by Gasteiger charge is 2.79. The van der Waals surface area contributed by atoms with Crippen molar-refractivity contribution in [3.8, 4) is 0 Å². The topological polar surface area (TPSA) is 349 Å². The number of aliphatic hydroxyl groups excluding tert-OH is 10. The Hall–Kier alpha value is -2.18. The minimum absolute atomic E-state index is 0.0150. The lowest BCUT2D eigenvalue weighted by molar-refractivity contribution is -0.402. The normalized spacial score (nSPS) is 52.0. The molecule has 3 saturated carbocycles. The maximum atomic E-state index is 14.3. The van der Waals surface area contributed by atoms with Crippen LogP contribution in [0.15, 0.2) is 23.8 Å². The van der Waals surface area contributed by atoms with Gasteiger partial charge in [0.05, 0.1) is 43.4 Å². The first-order chi connectivity index (χ1) is 35.7. The van der Waals surface area contributed by atoms with Crippen LogP contribution in [0.2, 0.25) is 0 Å². The van der Waals surface area contributed by atoms with Crippen LogP contribution in [0.25, 0.3) is 0 Å². The fourth-order valence-corrected chi connectivity index (χ4v) is 15.7. The Bertz CT molecular complexity index is 2160. The molecule has 0 bridgehead atoms. The molecule has 1 spiro atoms. The van der Waals surface area contributed by atoms with Gasteiger partial charge < -0.3 is 93.7 Å². The van der Waals surface area contributed by atoms with Crippen molar-refractivity contribution in [1.29, 1.82) is 0 Å². The summed E-state index contributed by atoms with van der Waals surface area (Å²) < 4.78 is 54.1. The van der Waals surface area contributed by atoms with E-state index in [2.05, 4.69) is 45.2 Å². The number of aliphatic hydroxyl groups is 10. The van der Waals surface area contributed by atoms with Gasteiger partial charge in [-0.15, -0.1) is 6.58 Å². The Balaban J connectivity index is 0.870. The summed E-state index contributed by atoms with van der Waals surface area (Å²) in [4.78, 5) is 32.8. The summed E-state index contributed by atoms with van der Waals surface area (Å²) in [7, 11) is 0. The van der Waals surface area contributed by atoms with Gasteiger partial charge in [0.15, 0.2) is 31.3 Å². The maximum Gasteiger partial charge on any atom is 0.314 e. The number of ether oxygens (including phenoxy) is 9. The number of esters is 1. The summed E-state index contributed by atoms with van der Waals surface area (Å²) in [6.07, 6.45) is -24.0. The molecule has 0 aromatic carbocycles. The van der Waals surface area contributed by atoms with Gasteiger partial charge in [0.25, 0.3) is 0 Å². The van der Waals surface area contributed by atoms with Crippen LogP contribution in [0.1, 0.15) is 106 Å². The zero-order valence-electron chi connectivity index (χ0n) is 44.4. The van der Waals surface area contributed by atoms with Crippen LogP contribution in [-0.4, -0.2) is 216 Å². The second-order valence-corrected chi connectivity index (χ2v) is 24.7. The number of allylic oxidation sites excluding steroid dienone is 3. The molecule has 11 N–H and O–H groups in total. The molecule has 0 radical (unpaired) electrons. The molecule has 27 atom stereocenters. The Labute approximate surface area is 441 Å². The van der Waals surface area contributed by atoms with Gasteiger partial charge in [-0.25, -0.2) is 4.89 Å². The van der Waals surface area contributed by atoms with E-state index in [4.69, 9.17) is 42.6 Å². The molecule has 8 fully saturated rings. The highest BCUT2D eigenvalue weighted by molar-refractivity contribution is 5.99. The Morgan fingerprint density at radius 3 is 1.96 bits per heavy atom. The highest BCUT2D eigenvalue weighted by atomic mass is 17.1. The molecule has 5 saturated heterocycles. The molecule has 9 aliphatic rings. The summed E-state index contributed by atoms with van der Waals surface area (Å²) in [5, 5.41) is 118. The van der Waals surface area contributed by atoms with Crippen LogP contribution in [0.4, 0.5) is 0 Å². The molecule has 0 amide bonds. The molecule has 5 heterocycles. The third-order valence-electron chi connectivity index (χ3n) is 19.7. The largest absolute Gasteiger partial charge is 0.458 e. The molecule has 5 aliphatic heterocycles. The molecule has 23 nitrogen and oxygen atoms in total. The van der Waals surface area contributed by atoms with Crippen molar-refractivity contribution in [2.75, 3.05) is 19.8 Å².